The summed E-state index contributed by atoms with van der Waals surface area (Å²) in [5.74, 6) is 0. The third-order valence-corrected chi connectivity index (χ3v) is 4.63. The molecule has 0 aliphatic heterocycles. The number of rotatable bonds is 6. The first kappa shape index (κ1) is 16.1. The Labute approximate surface area is 131 Å². The van der Waals surface area contributed by atoms with Crippen LogP contribution in [0.25, 0.3) is 0 Å². The molecule has 21 heavy (non-hydrogen) atoms. The number of aliphatic hydroxyl groups is 1. The van der Waals surface area contributed by atoms with Crippen molar-refractivity contribution in [3.05, 3.63) is 52.0 Å². The van der Waals surface area contributed by atoms with Crippen molar-refractivity contribution in [2.24, 2.45) is 0 Å². The van der Waals surface area contributed by atoms with Crippen LogP contribution in [0.1, 0.15) is 37.0 Å². The number of nitrogens with zero attached hydrogens (tertiary/aromatic N) is 1. The lowest BCUT2D eigenvalue weighted by molar-refractivity contribution is 0.240. The predicted octanol–water partition coefficient (Wildman–Crippen LogP) is 3.13. The highest BCUT2D eigenvalue weighted by Gasteiger charge is 2.18. The van der Waals surface area contributed by atoms with E-state index in [0.29, 0.717) is 6.54 Å². The number of benzene rings is 1. The van der Waals surface area contributed by atoms with Crippen LogP contribution in [0.4, 0.5) is 0 Å². The Morgan fingerprint density at radius 1 is 1.24 bits per heavy atom. The highest BCUT2D eigenvalue weighted by molar-refractivity contribution is 7.09. The van der Waals surface area contributed by atoms with Gasteiger partial charge in [-0.15, -0.1) is 11.3 Å². The molecule has 0 saturated heterocycles. The monoisotopic (exact) mass is 304 g/mol. The van der Waals surface area contributed by atoms with Crippen molar-refractivity contribution in [2.75, 3.05) is 6.61 Å². The van der Waals surface area contributed by atoms with Gasteiger partial charge in [0.25, 0.3) is 0 Å². The number of hydrogen-bond donors (Lipinski definition) is 2. The minimum Gasteiger partial charge on any atom is -0.395 e. The summed E-state index contributed by atoms with van der Waals surface area (Å²) in [6, 6.07) is 10.3. The van der Waals surface area contributed by atoms with Crippen LogP contribution in [0.15, 0.2) is 35.7 Å². The van der Waals surface area contributed by atoms with Gasteiger partial charge in [0.05, 0.1) is 17.3 Å². The second-order valence-corrected chi connectivity index (χ2v) is 7.20. The lowest BCUT2D eigenvalue weighted by Crippen LogP contribution is -2.34. The van der Waals surface area contributed by atoms with Crippen molar-refractivity contribution in [2.45, 2.75) is 45.2 Å². The molecule has 0 fully saturated rings. The molecule has 114 valence electrons. The van der Waals surface area contributed by atoms with Crippen LogP contribution in [-0.2, 0) is 18.4 Å². The fraction of sp³-hybridized carbons (Fsp3) is 0.471. The van der Waals surface area contributed by atoms with Crippen molar-refractivity contribution in [1.29, 1.82) is 0 Å². The van der Waals surface area contributed by atoms with Crippen molar-refractivity contribution < 1.29 is 5.11 Å². The average Bonchev–Trinajstić information content (AvgIpc) is 2.93. The highest BCUT2D eigenvalue weighted by Crippen LogP contribution is 2.25. The van der Waals surface area contributed by atoms with E-state index in [0.717, 1.165) is 17.1 Å². The van der Waals surface area contributed by atoms with E-state index in [1.165, 1.54) is 5.56 Å². The Morgan fingerprint density at radius 3 is 2.52 bits per heavy atom. The molecule has 0 bridgehead atoms. The smallest absolute Gasteiger partial charge is 0.0982 e. The molecular formula is C17H24N2OS. The van der Waals surface area contributed by atoms with Crippen LogP contribution in [-0.4, -0.2) is 22.7 Å². The SMILES string of the molecule is CC(C)(C)c1nc(CN[C@H](CO)Cc2ccccc2)cs1. The third-order valence-electron chi connectivity index (χ3n) is 3.31. The van der Waals surface area contributed by atoms with E-state index >= 15 is 0 Å². The normalized spacial score (nSPS) is 13.3. The largest absolute Gasteiger partial charge is 0.395 e. The molecule has 0 saturated carbocycles. The van der Waals surface area contributed by atoms with Crippen molar-refractivity contribution in [1.82, 2.24) is 10.3 Å². The molecule has 0 unspecified atom stereocenters. The molecule has 1 atom stereocenters. The number of aliphatic hydroxyl groups excluding tert-OH is 1. The average molecular weight is 304 g/mol. The summed E-state index contributed by atoms with van der Waals surface area (Å²) in [7, 11) is 0. The molecule has 0 spiro atoms. The molecule has 1 aromatic heterocycles. The van der Waals surface area contributed by atoms with Gasteiger partial charge in [0, 0.05) is 23.4 Å². The van der Waals surface area contributed by atoms with Crippen LogP contribution in [0.3, 0.4) is 0 Å². The van der Waals surface area contributed by atoms with Gasteiger partial charge >= 0.3 is 0 Å². The maximum Gasteiger partial charge on any atom is 0.0982 e. The molecule has 1 aromatic carbocycles. The molecule has 0 amide bonds. The Hall–Kier alpha value is -1.23. The number of nitrogens with one attached hydrogen (secondary N) is 1. The lowest BCUT2D eigenvalue weighted by Gasteiger charge is -2.16. The predicted molar refractivity (Wildman–Crippen MR) is 88.7 cm³/mol. The summed E-state index contributed by atoms with van der Waals surface area (Å²) in [4.78, 5) is 4.67. The van der Waals surface area contributed by atoms with Crippen molar-refractivity contribution in [3.8, 4) is 0 Å². The first-order valence-electron chi connectivity index (χ1n) is 7.32. The molecule has 2 rings (SSSR count). The number of thiazole rings is 1. The van der Waals surface area contributed by atoms with Gasteiger partial charge in [0.2, 0.25) is 0 Å². The van der Waals surface area contributed by atoms with Crippen LogP contribution in [0.5, 0.6) is 0 Å². The van der Waals surface area contributed by atoms with Gasteiger partial charge in [-0.1, -0.05) is 51.1 Å². The zero-order valence-electron chi connectivity index (χ0n) is 13.0. The van der Waals surface area contributed by atoms with Crippen molar-refractivity contribution in [3.63, 3.8) is 0 Å². The van der Waals surface area contributed by atoms with Crippen LogP contribution in [0.2, 0.25) is 0 Å². The van der Waals surface area contributed by atoms with Gasteiger partial charge in [0.1, 0.15) is 0 Å². The topological polar surface area (TPSA) is 45.2 Å². The Bertz CT molecular complexity index is 545. The fourth-order valence-corrected chi connectivity index (χ4v) is 2.99. The maximum atomic E-state index is 9.52. The van der Waals surface area contributed by atoms with E-state index in [9.17, 15) is 5.11 Å². The Balaban J connectivity index is 1.90. The molecule has 0 aliphatic carbocycles. The van der Waals surface area contributed by atoms with Crippen LogP contribution in [0, 0.1) is 0 Å². The third kappa shape index (κ3) is 4.92. The molecular weight excluding hydrogens is 280 g/mol. The van der Waals surface area contributed by atoms with Gasteiger partial charge in [0.15, 0.2) is 0 Å². The minimum atomic E-state index is 0.0622. The van der Waals surface area contributed by atoms with Gasteiger partial charge in [-0.05, 0) is 12.0 Å². The van der Waals surface area contributed by atoms with Gasteiger partial charge in [-0.3, -0.25) is 0 Å². The number of hydrogen-bond acceptors (Lipinski definition) is 4. The van der Waals surface area contributed by atoms with Gasteiger partial charge in [-0.2, -0.15) is 0 Å². The molecule has 1 heterocycles. The maximum absolute atomic E-state index is 9.52. The quantitative estimate of drug-likeness (QED) is 0.862. The van der Waals surface area contributed by atoms with E-state index in [-0.39, 0.29) is 18.1 Å². The standard InChI is InChI=1S/C17H24N2OS/c1-17(2,3)16-19-15(12-21-16)10-18-14(11-20)9-13-7-5-4-6-8-13/h4-8,12,14,18,20H,9-11H2,1-3H3/t14-/m0/s1. The second kappa shape index (κ2) is 7.16. The minimum absolute atomic E-state index is 0.0622. The van der Waals surface area contributed by atoms with Crippen LogP contribution >= 0.6 is 11.3 Å². The van der Waals surface area contributed by atoms with Crippen molar-refractivity contribution >= 4 is 11.3 Å². The molecule has 3 nitrogen and oxygen atoms in total. The lowest BCUT2D eigenvalue weighted by atomic mass is 9.98. The van der Waals surface area contributed by atoms with E-state index in [1.807, 2.05) is 18.2 Å². The van der Waals surface area contributed by atoms with E-state index in [1.54, 1.807) is 11.3 Å². The van der Waals surface area contributed by atoms with Gasteiger partial charge < -0.3 is 10.4 Å². The Kier molecular flexibility index (Phi) is 5.51. The summed E-state index contributed by atoms with van der Waals surface area (Å²) in [5.41, 5.74) is 2.39. The number of aromatic nitrogens is 1. The second-order valence-electron chi connectivity index (χ2n) is 6.34. The summed E-state index contributed by atoms with van der Waals surface area (Å²) >= 11 is 1.71. The molecule has 2 N–H and O–H groups in total. The Morgan fingerprint density at radius 2 is 1.95 bits per heavy atom. The molecule has 0 aliphatic rings. The molecule has 0 radical (unpaired) electrons. The molecule has 2 aromatic rings. The zero-order valence-corrected chi connectivity index (χ0v) is 13.8. The van der Waals surface area contributed by atoms with Gasteiger partial charge in [-0.25, -0.2) is 4.98 Å². The summed E-state index contributed by atoms with van der Waals surface area (Å²) in [6.45, 7) is 7.36. The first-order chi connectivity index (χ1) is 9.99. The van der Waals surface area contributed by atoms with Crippen LogP contribution < -0.4 is 5.32 Å². The fourth-order valence-electron chi connectivity index (χ4n) is 2.08. The first-order valence-corrected chi connectivity index (χ1v) is 8.20. The highest BCUT2D eigenvalue weighted by atomic mass is 32.1. The summed E-state index contributed by atoms with van der Waals surface area (Å²) in [6.07, 6.45) is 0.827. The summed E-state index contributed by atoms with van der Waals surface area (Å²) < 4.78 is 0. The zero-order chi connectivity index (χ0) is 15.3. The summed E-state index contributed by atoms with van der Waals surface area (Å²) in [5, 5.41) is 16.2. The molecule has 4 heteroatoms. The van der Waals surface area contributed by atoms with E-state index in [2.05, 4.69) is 48.6 Å². The van der Waals surface area contributed by atoms with E-state index in [4.69, 9.17) is 0 Å². The van der Waals surface area contributed by atoms with E-state index < -0.39 is 0 Å².